The van der Waals surface area contributed by atoms with Crippen LogP contribution in [0.25, 0.3) is 0 Å². The van der Waals surface area contributed by atoms with Crippen molar-refractivity contribution >= 4 is 11.3 Å². The van der Waals surface area contributed by atoms with Gasteiger partial charge in [-0.3, -0.25) is 0 Å². The molecule has 2 nitrogen and oxygen atoms in total. The normalized spacial score (nSPS) is 15.3. The van der Waals surface area contributed by atoms with Crippen LogP contribution in [0.2, 0.25) is 0 Å². The van der Waals surface area contributed by atoms with Crippen molar-refractivity contribution < 1.29 is 4.74 Å². The van der Waals surface area contributed by atoms with Crippen molar-refractivity contribution in [3.05, 3.63) is 22.4 Å². The maximum absolute atomic E-state index is 5.88. The first-order valence-electron chi connectivity index (χ1n) is 6.07. The highest BCUT2D eigenvalue weighted by molar-refractivity contribution is 7.07. The highest BCUT2D eigenvalue weighted by Gasteiger charge is 2.25. The van der Waals surface area contributed by atoms with Gasteiger partial charge in [0.25, 0.3) is 0 Å². The molecule has 0 aromatic carbocycles. The molecule has 0 saturated heterocycles. The molecule has 0 radical (unpaired) electrons. The molecule has 1 N–H and O–H groups in total. The molecule has 0 bridgehead atoms. The third-order valence-corrected chi connectivity index (χ3v) is 3.37. The number of nitrogens with one attached hydrogen (secondary N) is 1. The van der Waals surface area contributed by atoms with Gasteiger partial charge in [-0.05, 0) is 41.8 Å². The first-order valence-corrected chi connectivity index (χ1v) is 7.02. The highest BCUT2D eigenvalue weighted by atomic mass is 32.1. The molecule has 0 aliphatic carbocycles. The number of hydrogen-bond donors (Lipinski definition) is 1. The predicted octanol–water partition coefficient (Wildman–Crippen LogP) is 3.46. The molecule has 1 aromatic rings. The van der Waals surface area contributed by atoms with Crippen molar-refractivity contribution in [3.8, 4) is 0 Å². The summed E-state index contributed by atoms with van der Waals surface area (Å²) >= 11 is 1.75. The van der Waals surface area contributed by atoms with Gasteiger partial charge in [0.1, 0.15) is 0 Å². The minimum Gasteiger partial charge on any atom is -0.376 e. The Morgan fingerprint density at radius 2 is 2.12 bits per heavy atom. The molecular weight excluding hydrogens is 218 g/mol. The van der Waals surface area contributed by atoms with Gasteiger partial charge in [-0.15, -0.1) is 0 Å². The SMILES string of the molecule is CCNC(c1ccsc1)C(OCC)C(C)C. The average molecular weight is 241 g/mol. The molecular formula is C13H23NOS. The number of rotatable bonds is 7. The van der Waals surface area contributed by atoms with Crippen LogP contribution in [0.4, 0.5) is 0 Å². The maximum Gasteiger partial charge on any atom is 0.0792 e. The Morgan fingerprint density at radius 1 is 1.38 bits per heavy atom. The zero-order valence-corrected chi connectivity index (χ0v) is 11.5. The third kappa shape index (κ3) is 3.58. The van der Waals surface area contributed by atoms with Crippen molar-refractivity contribution in [2.45, 2.75) is 39.8 Å². The quantitative estimate of drug-likeness (QED) is 0.789. The molecule has 0 saturated carbocycles. The first kappa shape index (κ1) is 13.7. The van der Waals surface area contributed by atoms with Gasteiger partial charge in [-0.2, -0.15) is 11.3 Å². The zero-order valence-electron chi connectivity index (χ0n) is 10.7. The van der Waals surface area contributed by atoms with Crippen LogP contribution in [0.3, 0.4) is 0 Å². The van der Waals surface area contributed by atoms with E-state index in [0.717, 1.165) is 13.2 Å². The summed E-state index contributed by atoms with van der Waals surface area (Å²) in [5, 5.41) is 7.87. The fraction of sp³-hybridized carbons (Fsp3) is 0.692. The number of likely N-dealkylation sites (N-methyl/N-ethyl adjacent to an activating group) is 1. The molecule has 3 heteroatoms. The van der Waals surface area contributed by atoms with Crippen molar-refractivity contribution in [2.75, 3.05) is 13.2 Å². The summed E-state index contributed by atoms with van der Waals surface area (Å²) < 4.78 is 5.88. The second kappa shape index (κ2) is 7.05. The second-order valence-corrected chi connectivity index (χ2v) is 5.04. The summed E-state index contributed by atoms with van der Waals surface area (Å²) in [6, 6.07) is 2.50. The zero-order chi connectivity index (χ0) is 12.0. The van der Waals surface area contributed by atoms with E-state index < -0.39 is 0 Å². The smallest absolute Gasteiger partial charge is 0.0792 e. The molecule has 0 amide bonds. The molecule has 1 heterocycles. The molecule has 2 atom stereocenters. The van der Waals surface area contributed by atoms with Gasteiger partial charge in [0.15, 0.2) is 0 Å². The van der Waals surface area contributed by atoms with Crippen LogP contribution in [-0.2, 0) is 4.74 Å². The Morgan fingerprint density at radius 3 is 2.56 bits per heavy atom. The monoisotopic (exact) mass is 241 g/mol. The Hall–Kier alpha value is -0.380. The topological polar surface area (TPSA) is 21.3 Å². The van der Waals surface area contributed by atoms with E-state index in [4.69, 9.17) is 4.74 Å². The standard InChI is InChI=1S/C13H23NOS/c1-5-14-12(11-7-8-16-9-11)13(10(3)4)15-6-2/h7-10,12-14H,5-6H2,1-4H3. The molecule has 92 valence electrons. The van der Waals surface area contributed by atoms with Crippen LogP contribution in [0, 0.1) is 5.92 Å². The van der Waals surface area contributed by atoms with Gasteiger partial charge in [0.05, 0.1) is 12.1 Å². The lowest BCUT2D eigenvalue weighted by Gasteiger charge is -2.30. The molecule has 0 spiro atoms. The van der Waals surface area contributed by atoms with E-state index in [1.807, 2.05) is 0 Å². The largest absolute Gasteiger partial charge is 0.376 e. The predicted molar refractivity (Wildman–Crippen MR) is 71.0 cm³/mol. The molecule has 0 aliphatic rings. The Bertz CT molecular complexity index is 271. The molecule has 1 aromatic heterocycles. The molecule has 2 unspecified atom stereocenters. The summed E-state index contributed by atoms with van der Waals surface area (Å²) in [4.78, 5) is 0. The van der Waals surface area contributed by atoms with E-state index in [9.17, 15) is 0 Å². The van der Waals surface area contributed by atoms with E-state index in [0.29, 0.717) is 12.0 Å². The summed E-state index contributed by atoms with van der Waals surface area (Å²) in [7, 11) is 0. The van der Waals surface area contributed by atoms with Crippen LogP contribution < -0.4 is 5.32 Å². The number of ether oxygens (including phenoxy) is 1. The van der Waals surface area contributed by atoms with Gasteiger partial charge in [0, 0.05) is 6.61 Å². The second-order valence-electron chi connectivity index (χ2n) is 4.26. The van der Waals surface area contributed by atoms with Crippen LogP contribution in [0.15, 0.2) is 16.8 Å². The van der Waals surface area contributed by atoms with E-state index in [-0.39, 0.29) is 6.10 Å². The lowest BCUT2D eigenvalue weighted by Crippen LogP contribution is -2.37. The summed E-state index contributed by atoms with van der Waals surface area (Å²) in [5.41, 5.74) is 1.35. The van der Waals surface area contributed by atoms with Crippen molar-refractivity contribution in [1.82, 2.24) is 5.32 Å². The Kier molecular flexibility index (Phi) is 6.03. The van der Waals surface area contributed by atoms with Crippen LogP contribution in [-0.4, -0.2) is 19.3 Å². The molecule has 16 heavy (non-hydrogen) atoms. The van der Waals surface area contributed by atoms with Gasteiger partial charge in [0.2, 0.25) is 0 Å². The molecule has 0 aliphatic heterocycles. The maximum atomic E-state index is 5.88. The van der Waals surface area contributed by atoms with Crippen molar-refractivity contribution in [2.24, 2.45) is 5.92 Å². The van der Waals surface area contributed by atoms with E-state index in [2.05, 4.69) is 49.8 Å². The minimum atomic E-state index is 0.250. The third-order valence-electron chi connectivity index (χ3n) is 2.67. The van der Waals surface area contributed by atoms with Gasteiger partial charge in [-0.1, -0.05) is 20.8 Å². The van der Waals surface area contributed by atoms with Crippen molar-refractivity contribution in [1.29, 1.82) is 0 Å². The van der Waals surface area contributed by atoms with Gasteiger partial charge < -0.3 is 10.1 Å². The lowest BCUT2D eigenvalue weighted by molar-refractivity contribution is 0.00328. The summed E-state index contributed by atoms with van der Waals surface area (Å²) in [6.07, 6.45) is 0.250. The first-order chi connectivity index (χ1) is 7.70. The lowest BCUT2D eigenvalue weighted by atomic mass is 9.95. The van der Waals surface area contributed by atoms with Crippen molar-refractivity contribution in [3.63, 3.8) is 0 Å². The Labute approximate surface area is 103 Å². The summed E-state index contributed by atoms with van der Waals surface area (Å²) in [5.74, 6) is 0.517. The van der Waals surface area contributed by atoms with Crippen LogP contribution in [0.5, 0.6) is 0 Å². The Balaban J connectivity index is 2.81. The fourth-order valence-corrected chi connectivity index (χ4v) is 2.66. The molecule has 0 fully saturated rings. The van der Waals surface area contributed by atoms with Gasteiger partial charge in [-0.25, -0.2) is 0 Å². The minimum absolute atomic E-state index is 0.250. The fourth-order valence-electron chi connectivity index (χ4n) is 1.96. The number of hydrogen-bond acceptors (Lipinski definition) is 3. The highest BCUT2D eigenvalue weighted by Crippen LogP contribution is 2.26. The average Bonchev–Trinajstić information content (AvgIpc) is 2.76. The van der Waals surface area contributed by atoms with Crippen LogP contribution >= 0.6 is 11.3 Å². The van der Waals surface area contributed by atoms with Gasteiger partial charge >= 0.3 is 0 Å². The van der Waals surface area contributed by atoms with Crippen LogP contribution in [0.1, 0.15) is 39.3 Å². The van der Waals surface area contributed by atoms with E-state index in [1.54, 1.807) is 11.3 Å². The number of thiophene rings is 1. The molecule has 1 rings (SSSR count). The van der Waals surface area contributed by atoms with E-state index >= 15 is 0 Å². The summed E-state index contributed by atoms with van der Waals surface area (Å²) in [6.45, 7) is 10.4. The van der Waals surface area contributed by atoms with E-state index in [1.165, 1.54) is 5.56 Å².